The average Bonchev–Trinajstić information content (AvgIpc) is 2.25. The lowest BCUT2D eigenvalue weighted by Gasteiger charge is -2.04. The van der Waals surface area contributed by atoms with E-state index >= 15 is 0 Å². The number of alkyl halides is 1. The molecule has 0 aromatic heterocycles. The lowest BCUT2D eigenvalue weighted by atomic mass is 10.2. The van der Waals surface area contributed by atoms with Crippen LogP contribution in [0.5, 0.6) is 5.75 Å². The Morgan fingerprint density at radius 3 is 2.60 bits per heavy atom. The first-order valence-corrected chi connectivity index (χ1v) is 5.36. The van der Waals surface area contributed by atoms with E-state index in [1.54, 1.807) is 24.3 Å². The van der Waals surface area contributed by atoms with Crippen LogP contribution in [0.1, 0.15) is 18.4 Å². The van der Waals surface area contributed by atoms with Crippen molar-refractivity contribution in [2.45, 2.75) is 19.4 Å². The Bertz CT molecular complexity index is 311. The summed E-state index contributed by atoms with van der Waals surface area (Å²) < 4.78 is 0. The number of phenols is 1. The fourth-order valence-corrected chi connectivity index (χ4v) is 1.26. The molecule has 0 spiro atoms. The molecule has 0 atom stereocenters. The molecule has 0 bridgehead atoms. The summed E-state index contributed by atoms with van der Waals surface area (Å²) in [7, 11) is 0. The fraction of sp³-hybridized carbons (Fsp3) is 0.364. The van der Waals surface area contributed by atoms with Crippen molar-refractivity contribution in [1.82, 2.24) is 5.32 Å². The molecule has 0 heterocycles. The molecule has 1 amide bonds. The van der Waals surface area contributed by atoms with Crippen molar-refractivity contribution >= 4 is 17.5 Å². The molecule has 0 unspecified atom stereocenters. The third-order valence-electron chi connectivity index (χ3n) is 1.96. The van der Waals surface area contributed by atoms with Crippen LogP contribution in [0.4, 0.5) is 0 Å². The van der Waals surface area contributed by atoms with Crippen LogP contribution in [0.3, 0.4) is 0 Å². The zero-order valence-corrected chi connectivity index (χ0v) is 9.13. The number of carbonyl (C=O) groups excluding carboxylic acids is 1. The predicted octanol–water partition coefficient (Wildman–Crippen LogP) is 2.03. The van der Waals surface area contributed by atoms with Gasteiger partial charge in [0.2, 0.25) is 5.91 Å². The predicted molar refractivity (Wildman–Crippen MR) is 59.9 cm³/mol. The molecule has 0 aliphatic heterocycles. The number of aromatic hydroxyl groups is 1. The highest BCUT2D eigenvalue weighted by molar-refractivity contribution is 6.17. The van der Waals surface area contributed by atoms with Crippen LogP contribution in [0, 0.1) is 0 Å². The lowest BCUT2D eigenvalue weighted by molar-refractivity contribution is -0.121. The quantitative estimate of drug-likeness (QED) is 0.757. The number of nitrogens with one attached hydrogen (secondary N) is 1. The van der Waals surface area contributed by atoms with Gasteiger partial charge < -0.3 is 10.4 Å². The normalized spacial score (nSPS) is 9.93. The summed E-state index contributed by atoms with van der Waals surface area (Å²) >= 11 is 5.47. The van der Waals surface area contributed by atoms with Gasteiger partial charge in [-0.2, -0.15) is 0 Å². The van der Waals surface area contributed by atoms with Gasteiger partial charge >= 0.3 is 0 Å². The topological polar surface area (TPSA) is 49.3 Å². The van der Waals surface area contributed by atoms with E-state index in [2.05, 4.69) is 5.32 Å². The van der Waals surface area contributed by atoms with Gasteiger partial charge in [0.25, 0.3) is 0 Å². The van der Waals surface area contributed by atoms with Crippen LogP contribution >= 0.6 is 11.6 Å². The Kier molecular flexibility index (Phi) is 4.98. The summed E-state index contributed by atoms with van der Waals surface area (Å²) in [5, 5.41) is 11.8. The van der Waals surface area contributed by atoms with Gasteiger partial charge in [-0.1, -0.05) is 12.1 Å². The largest absolute Gasteiger partial charge is 0.508 e. The number of rotatable bonds is 5. The molecule has 2 N–H and O–H groups in total. The minimum absolute atomic E-state index is 0.00345. The second kappa shape index (κ2) is 6.30. The van der Waals surface area contributed by atoms with E-state index in [-0.39, 0.29) is 11.7 Å². The number of halogens is 1. The van der Waals surface area contributed by atoms with Crippen molar-refractivity contribution in [1.29, 1.82) is 0 Å². The molecule has 1 rings (SSSR count). The summed E-state index contributed by atoms with van der Waals surface area (Å²) in [6.07, 6.45) is 1.16. The van der Waals surface area contributed by atoms with Gasteiger partial charge in [0.05, 0.1) is 0 Å². The van der Waals surface area contributed by atoms with Crippen LogP contribution in [0.25, 0.3) is 0 Å². The minimum Gasteiger partial charge on any atom is -0.508 e. The Balaban J connectivity index is 2.30. The number of hydrogen-bond acceptors (Lipinski definition) is 2. The Morgan fingerprint density at radius 1 is 1.33 bits per heavy atom. The van der Waals surface area contributed by atoms with Crippen molar-refractivity contribution in [3.63, 3.8) is 0 Å². The van der Waals surface area contributed by atoms with E-state index in [1.807, 2.05) is 0 Å². The average molecular weight is 228 g/mol. The summed E-state index contributed by atoms with van der Waals surface area (Å²) in [5.74, 6) is 0.739. The molecular weight excluding hydrogens is 214 g/mol. The third kappa shape index (κ3) is 4.70. The summed E-state index contributed by atoms with van der Waals surface area (Å²) in [6, 6.07) is 6.74. The number of benzene rings is 1. The van der Waals surface area contributed by atoms with Gasteiger partial charge in [-0.15, -0.1) is 11.6 Å². The second-order valence-electron chi connectivity index (χ2n) is 3.24. The number of hydrogen-bond donors (Lipinski definition) is 2. The van der Waals surface area contributed by atoms with Crippen molar-refractivity contribution in [3.05, 3.63) is 29.8 Å². The van der Waals surface area contributed by atoms with Crippen LogP contribution < -0.4 is 5.32 Å². The fourth-order valence-electron chi connectivity index (χ4n) is 1.13. The standard InChI is InChI=1S/C11H14ClNO2/c12-7-1-2-11(15)13-8-9-3-5-10(14)6-4-9/h3-6,14H,1-2,7-8H2,(H,13,15). The Morgan fingerprint density at radius 2 is 2.00 bits per heavy atom. The van der Waals surface area contributed by atoms with E-state index in [0.29, 0.717) is 25.3 Å². The van der Waals surface area contributed by atoms with E-state index in [9.17, 15) is 4.79 Å². The van der Waals surface area contributed by atoms with E-state index in [4.69, 9.17) is 16.7 Å². The molecule has 1 aromatic carbocycles. The first-order valence-electron chi connectivity index (χ1n) is 4.83. The highest BCUT2D eigenvalue weighted by atomic mass is 35.5. The van der Waals surface area contributed by atoms with Crippen molar-refractivity contribution in [2.75, 3.05) is 5.88 Å². The molecule has 3 nitrogen and oxygen atoms in total. The molecule has 0 saturated carbocycles. The molecule has 15 heavy (non-hydrogen) atoms. The summed E-state index contributed by atoms with van der Waals surface area (Å²) in [5.41, 5.74) is 0.965. The monoisotopic (exact) mass is 227 g/mol. The van der Waals surface area contributed by atoms with Gasteiger partial charge in [-0.05, 0) is 24.1 Å². The van der Waals surface area contributed by atoms with Gasteiger partial charge in [0.1, 0.15) is 5.75 Å². The van der Waals surface area contributed by atoms with Crippen molar-refractivity contribution in [2.24, 2.45) is 0 Å². The van der Waals surface area contributed by atoms with Gasteiger partial charge in [0, 0.05) is 18.8 Å². The van der Waals surface area contributed by atoms with E-state index < -0.39 is 0 Å². The maximum atomic E-state index is 11.2. The number of phenolic OH excluding ortho intramolecular Hbond substituents is 1. The highest BCUT2D eigenvalue weighted by Gasteiger charge is 2.00. The molecule has 1 aromatic rings. The van der Waals surface area contributed by atoms with E-state index in [0.717, 1.165) is 5.56 Å². The van der Waals surface area contributed by atoms with Gasteiger partial charge in [-0.25, -0.2) is 0 Å². The third-order valence-corrected chi connectivity index (χ3v) is 2.23. The molecule has 0 aliphatic rings. The molecule has 0 fully saturated rings. The molecule has 82 valence electrons. The van der Waals surface area contributed by atoms with Crippen LogP contribution in [-0.4, -0.2) is 16.9 Å². The molecule has 4 heteroatoms. The van der Waals surface area contributed by atoms with Crippen molar-refractivity contribution in [3.8, 4) is 5.75 Å². The minimum atomic E-state index is 0.00345. The molecular formula is C11H14ClNO2. The molecule has 0 aliphatic carbocycles. The maximum Gasteiger partial charge on any atom is 0.220 e. The smallest absolute Gasteiger partial charge is 0.220 e. The van der Waals surface area contributed by atoms with E-state index in [1.165, 1.54) is 0 Å². The van der Waals surface area contributed by atoms with Crippen LogP contribution in [-0.2, 0) is 11.3 Å². The first-order chi connectivity index (χ1) is 7.22. The zero-order chi connectivity index (χ0) is 11.1. The molecule has 0 radical (unpaired) electrons. The highest BCUT2D eigenvalue weighted by Crippen LogP contribution is 2.09. The Hall–Kier alpha value is -1.22. The first kappa shape index (κ1) is 11.9. The maximum absolute atomic E-state index is 11.2. The SMILES string of the molecule is O=C(CCCCl)NCc1ccc(O)cc1. The second-order valence-corrected chi connectivity index (χ2v) is 3.61. The lowest BCUT2D eigenvalue weighted by Crippen LogP contribution is -2.22. The van der Waals surface area contributed by atoms with Crippen LogP contribution in [0.15, 0.2) is 24.3 Å². The molecule has 0 saturated heterocycles. The number of amides is 1. The van der Waals surface area contributed by atoms with Gasteiger partial charge in [-0.3, -0.25) is 4.79 Å². The number of carbonyl (C=O) groups is 1. The Labute approximate surface area is 94.1 Å². The van der Waals surface area contributed by atoms with Crippen molar-refractivity contribution < 1.29 is 9.90 Å². The summed E-state index contributed by atoms with van der Waals surface area (Å²) in [6.45, 7) is 0.487. The summed E-state index contributed by atoms with van der Waals surface area (Å²) in [4.78, 5) is 11.2. The van der Waals surface area contributed by atoms with Gasteiger partial charge in [0.15, 0.2) is 0 Å². The zero-order valence-electron chi connectivity index (χ0n) is 8.37. The van der Waals surface area contributed by atoms with Crippen LogP contribution in [0.2, 0.25) is 0 Å².